The molecule has 2 amide bonds. The Bertz CT molecular complexity index is 476. The Labute approximate surface area is 118 Å². The van der Waals surface area contributed by atoms with Crippen LogP contribution in [0.1, 0.15) is 13.8 Å². The summed E-state index contributed by atoms with van der Waals surface area (Å²) < 4.78 is 5.41. The number of urea groups is 1. The number of aliphatic carboxylic acids is 1. The van der Waals surface area contributed by atoms with E-state index in [4.69, 9.17) is 9.84 Å². The van der Waals surface area contributed by atoms with Crippen LogP contribution in [0.3, 0.4) is 0 Å². The SMILES string of the molecule is CCOc1ccccc1NC(=O)N(C)CC(C)C(=O)O. The molecular weight excluding hydrogens is 260 g/mol. The maximum absolute atomic E-state index is 12.0. The van der Waals surface area contributed by atoms with Gasteiger partial charge in [0.1, 0.15) is 5.75 Å². The molecule has 0 saturated heterocycles. The summed E-state index contributed by atoms with van der Waals surface area (Å²) in [4.78, 5) is 24.1. The number of hydrogen-bond acceptors (Lipinski definition) is 3. The van der Waals surface area contributed by atoms with E-state index in [2.05, 4.69) is 5.32 Å². The first-order valence-electron chi connectivity index (χ1n) is 6.42. The lowest BCUT2D eigenvalue weighted by molar-refractivity contribution is -0.141. The van der Waals surface area contributed by atoms with E-state index in [9.17, 15) is 9.59 Å². The van der Waals surface area contributed by atoms with Crippen molar-refractivity contribution in [1.29, 1.82) is 0 Å². The Morgan fingerprint density at radius 3 is 2.65 bits per heavy atom. The van der Waals surface area contributed by atoms with Crippen LogP contribution in [-0.4, -0.2) is 42.2 Å². The van der Waals surface area contributed by atoms with Gasteiger partial charge >= 0.3 is 12.0 Å². The van der Waals surface area contributed by atoms with Crippen LogP contribution in [0.15, 0.2) is 24.3 Å². The summed E-state index contributed by atoms with van der Waals surface area (Å²) in [5.74, 6) is -0.963. The maximum Gasteiger partial charge on any atom is 0.321 e. The number of hydrogen-bond donors (Lipinski definition) is 2. The van der Waals surface area contributed by atoms with Gasteiger partial charge in [0.25, 0.3) is 0 Å². The molecule has 2 N–H and O–H groups in total. The highest BCUT2D eigenvalue weighted by Crippen LogP contribution is 2.23. The van der Waals surface area contributed by atoms with Crippen molar-refractivity contribution in [1.82, 2.24) is 4.90 Å². The molecule has 0 aromatic heterocycles. The fraction of sp³-hybridized carbons (Fsp3) is 0.429. The smallest absolute Gasteiger partial charge is 0.321 e. The van der Waals surface area contributed by atoms with Crippen LogP contribution in [0, 0.1) is 5.92 Å². The number of amides is 2. The molecule has 0 aliphatic rings. The quantitative estimate of drug-likeness (QED) is 0.837. The van der Waals surface area contributed by atoms with E-state index in [0.717, 1.165) is 0 Å². The number of rotatable bonds is 6. The zero-order valence-corrected chi connectivity index (χ0v) is 11.9. The van der Waals surface area contributed by atoms with Crippen molar-refractivity contribution in [3.05, 3.63) is 24.3 Å². The van der Waals surface area contributed by atoms with Gasteiger partial charge in [-0.3, -0.25) is 4.79 Å². The Morgan fingerprint density at radius 2 is 2.05 bits per heavy atom. The number of ether oxygens (including phenoxy) is 1. The van der Waals surface area contributed by atoms with Gasteiger partial charge < -0.3 is 20.1 Å². The van der Waals surface area contributed by atoms with Crippen molar-refractivity contribution in [2.24, 2.45) is 5.92 Å². The van der Waals surface area contributed by atoms with Gasteiger partial charge in [0, 0.05) is 13.6 Å². The van der Waals surface area contributed by atoms with E-state index in [1.165, 1.54) is 4.90 Å². The lowest BCUT2D eigenvalue weighted by atomic mass is 10.2. The van der Waals surface area contributed by atoms with Crippen molar-refractivity contribution < 1.29 is 19.4 Å². The van der Waals surface area contributed by atoms with Gasteiger partial charge in [-0.25, -0.2) is 4.79 Å². The van der Waals surface area contributed by atoms with Gasteiger partial charge in [0.05, 0.1) is 18.2 Å². The highest BCUT2D eigenvalue weighted by atomic mass is 16.5. The molecule has 0 saturated carbocycles. The second-order valence-corrected chi connectivity index (χ2v) is 4.48. The number of nitrogens with zero attached hydrogens (tertiary/aromatic N) is 1. The summed E-state index contributed by atoms with van der Waals surface area (Å²) in [5.41, 5.74) is 0.564. The van der Waals surface area contributed by atoms with Crippen molar-refractivity contribution >= 4 is 17.7 Å². The van der Waals surface area contributed by atoms with Gasteiger partial charge in [0.15, 0.2) is 0 Å². The summed E-state index contributed by atoms with van der Waals surface area (Å²) in [6.45, 7) is 4.05. The molecular formula is C14H20N2O4. The molecule has 1 aromatic rings. The van der Waals surface area contributed by atoms with Crippen LogP contribution >= 0.6 is 0 Å². The Balaban J connectivity index is 2.68. The average Bonchev–Trinajstić information content (AvgIpc) is 2.40. The molecule has 1 aromatic carbocycles. The first-order chi connectivity index (χ1) is 9.45. The van der Waals surface area contributed by atoms with E-state index in [-0.39, 0.29) is 12.6 Å². The topological polar surface area (TPSA) is 78.9 Å². The van der Waals surface area contributed by atoms with Crippen LogP contribution in [0.25, 0.3) is 0 Å². The summed E-state index contributed by atoms with van der Waals surface area (Å²) in [6, 6.07) is 6.73. The summed E-state index contributed by atoms with van der Waals surface area (Å²) >= 11 is 0. The predicted octanol–water partition coefficient (Wildman–Crippen LogP) is 2.27. The largest absolute Gasteiger partial charge is 0.492 e. The molecule has 110 valence electrons. The number of carboxylic acid groups (broad SMARTS) is 1. The molecule has 0 aliphatic carbocycles. The molecule has 1 atom stereocenters. The molecule has 0 radical (unpaired) electrons. The Morgan fingerprint density at radius 1 is 1.40 bits per heavy atom. The summed E-state index contributed by atoms with van der Waals surface area (Å²) in [5, 5.41) is 11.5. The van der Waals surface area contributed by atoms with E-state index < -0.39 is 11.9 Å². The normalized spacial score (nSPS) is 11.6. The molecule has 20 heavy (non-hydrogen) atoms. The van der Waals surface area contributed by atoms with E-state index in [1.807, 2.05) is 13.0 Å². The van der Waals surface area contributed by atoms with Crippen LogP contribution in [0.2, 0.25) is 0 Å². The van der Waals surface area contributed by atoms with Gasteiger partial charge in [-0.1, -0.05) is 19.1 Å². The maximum atomic E-state index is 12.0. The second-order valence-electron chi connectivity index (χ2n) is 4.48. The predicted molar refractivity (Wildman–Crippen MR) is 76.1 cm³/mol. The van der Waals surface area contributed by atoms with Crippen LogP contribution in [-0.2, 0) is 4.79 Å². The summed E-state index contributed by atoms with van der Waals surface area (Å²) in [7, 11) is 1.55. The fourth-order valence-corrected chi connectivity index (χ4v) is 1.63. The van der Waals surface area contributed by atoms with Crippen molar-refractivity contribution in [3.8, 4) is 5.75 Å². The standard InChI is InChI=1S/C14H20N2O4/c1-4-20-12-8-6-5-7-11(12)15-14(19)16(3)9-10(2)13(17)18/h5-8,10H,4,9H2,1-3H3,(H,15,19)(H,17,18). The minimum absolute atomic E-state index is 0.137. The van der Waals surface area contributed by atoms with Crippen LogP contribution in [0.4, 0.5) is 10.5 Å². The molecule has 0 aliphatic heterocycles. The molecule has 1 unspecified atom stereocenters. The third-order valence-electron chi connectivity index (χ3n) is 2.74. The fourth-order valence-electron chi connectivity index (χ4n) is 1.63. The van der Waals surface area contributed by atoms with Crippen molar-refractivity contribution in [2.75, 3.05) is 25.5 Å². The van der Waals surface area contributed by atoms with Gasteiger partial charge in [0.2, 0.25) is 0 Å². The number of carbonyl (C=O) groups is 2. The van der Waals surface area contributed by atoms with Gasteiger partial charge in [-0.2, -0.15) is 0 Å². The molecule has 6 nitrogen and oxygen atoms in total. The molecule has 6 heteroatoms. The van der Waals surface area contributed by atoms with Gasteiger partial charge in [-0.05, 0) is 19.1 Å². The highest BCUT2D eigenvalue weighted by Gasteiger charge is 2.18. The van der Waals surface area contributed by atoms with E-state index in [1.54, 1.807) is 32.2 Å². The third-order valence-corrected chi connectivity index (χ3v) is 2.74. The zero-order valence-electron chi connectivity index (χ0n) is 11.9. The zero-order chi connectivity index (χ0) is 15.1. The van der Waals surface area contributed by atoms with Crippen molar-refractivity contribution in [3.63, 3.8) is 0 Å². The highest BCUT2D eigenvalue weighted by molar-refractivity contribution is 5.91. The molecule has 0 spiro atoms. The first kappa shape index (κ1) is 15.8. The molecule has 1 rings (SSSR count). The number of para-hydroxylation sites is 2. The monoisotopic (exact) mass is 280 g/mol. The molecule has 0 fully saturated rings. The third kappa shape index (κ3) is 4.46. The second kappa shape index (κ2) is 7.37. The molecule has 0 heterocycles. The van der Waals surface area contributed by atoms with Crippen LogP contribution in [0.5, 0.6) is 5.75 Å². The van der Waals surface area contributed by atoms with E-state index >= 15 is 0 Å². The number of nitrogens with one attached hydrogen (secondary N) is 1. The van der Waals surface area contributed by atoms with E-state index in [0.29, 0.717) is 18.0 Å². The number of anilines is 1. The van der Waals surface area contributed by atoms with Gasteiger partial charge in [-0.15, -0.1) is 0 Å². The molecule has 0 bridgehead atoms. The average molecular weight is 280 g/mol. The minimum Gasteiger partial charge on any atom is -0.492 e. The lowest BCUT2D eigenvalue weighted by Crippen LogP contribution is -2.36. The summed E-state index contributed by atoms with van der Waals surface area (Å²) in [6.07, 6.45) is 0. The number of carboxylic acids is 1. The Hall–Kier alpha value is -2.24. The first-order valence-corrected chi connectivity index (χ1v) is 6.42. The Kier molecular flexibility index (Phi) is 5.83. The van der Waals surface area contributed by atoms with Crippen LogP contribution < -0.4 is 10.1 Å². The van der Waals surface area contributed by atoms with Crippen molar-refractivity contribution in [2.45, 2.75) is 13.8 Å². The minimum atomic E-state index is -0.931. The lowest BCUT2D eigenvalue weighted by Gasteiger charge is -2.20. The number of benzene rings is 1. The number of carbonyl (C=O) groups excluding carboxylic acids is 1.